The minimum absolute atomic E-state index is 0.0429. The van der Waals surface area contributed by atoms with Gasteiger partial charge in [-0.1, -0.05) is 42.5 Å². The quantitative estimate of drug-likeness (QED) is 0.168. The third kappa shape index (κ3) is 11.6. The summed E-state index contributed by atoms with van der Waals surface area (Å²) in [5, 5.41) is 22.3. The summed E-state index contributed by atoms with van der Waals surface area (Å²) < 4.78 is 26.3. The number of aliphatic hydroxyl groups excluding tert-OH is 2. The van der Waals surface area contributed by atoms with Gasteiger partial charge >= 0.3 is 0 Å². The first-order valence-electron chi connectivity index (χ1n) is 15.3. The van der Waals surface area contributed by atoms with Gasteiger partial charge in [0.25, 0.3) is 0 Å². The summed E-state index contributed by atoms with van der Waals surface area (Å²) in [6.45, 7) is 4.11. The molecular weight excluding hydrogens is 558 g/mol. The topological polar surface area (TPSA) is 98.6 Å². The minimum atomic E-state index is -0.181. The Bertz CT molecular complexity index is 1280. The molecule has 2 aliphatic rings. The molecule has 0 aromatic heterocycles. The zero-order chi connectivity index (χ0) is 31.4. The summed E-state index contributed by atoms with van der Waals surface area (Å²) in [5.41, 5.74) is 3.47. The molecule has 3 aromatic rings. The number of allylic oxidation sites excluding steroid dienone is 2. The largest absolute Gasteiger partial charge is 0.497 e. The zero-order valence-electron chi connectivity index (χ0n) is 26.4. The number of fused-ring (bicyclic) bond motifs is 1. The van der Waals surface area contributed by atoms with E-state index < -0.39 is 0 Å². The lowest BCUT2D eigenvalue weighted by Gasteiger charge is -2.23. The Labute approximate surface area is 262 Å². The standard InChI is InChI=1S/C22H31NO3.C12H12O2.C2H6O2/c1-24-22-6-3-2-5-20(22)17-25-15-4-16-26-21-9-7-18(8-10-21)19-11-13-23-14-12-19;1-14-12-7-9(8-13)6-10-4-2-3-5-11(10)12;1-4-2-3/h5-10,19,23H,2-4,11-17H2,1H3;2-7,13H,8H2,1H3;3H,2H2,1H3. The van der Waals surface area contributed by atoms with Gasteiger partial charge in [0.2, 0.25) is 0 Å². The molecule has 0 unspecified atom stereocenters. The summed E-state index contributed by atoms with van der Waals surface area (Å²) in [5.74, 6) is 3.41. The van der Waals surface area contributed by atoms with Crippen molar-refractivity contribution in [2.24, 2.45) is 0 Å². The fourth-order valence-corrected chi connectivity index (χ4v) is 5.17. The zero-order valence-corrected chi connectivity index (χ0v) is 26.4. The second kappa shape index (κ2) is 20.5. The fourth-order valence-electron chi connectivity index (χ4n) is 5.17. The summed E-state index contributed by atoms with van der Waals surface area (Å²) >= 11 is 0. The van der Waals surface area contributed by atoms with E-state index in [-0.39, 0.29) is 13.4 Å². The van der Waals surface area contributed by atoms with Gasteiger partial charge in [-0.05, 0) is 91.5 Å². The number of rotatable bonds is 12. The average molecular weight is 608 g/mol. The van der Waals surface area contributed by atoms with Crippen molar-refractivity contribution in [3.8, 4) is 11.5 Å². The smallest absolute Gasteiger partial charge is 0.143 e. The van der Waals surface area contributed by atoms with Gasteiger partial charge < -0.3 is 39.2 Å². The van der Waals surface area contributed by atoms with Crippen LogP contribution in [0.4, 0.5) is 0 Å². The highest BCUT2D eigenvalue weighted by atomic mass is 16.6. The lowest BCUT2D eigenvalue weighted by molar-refractivity contribution is 0.0325. The van der Waals surface area contributed by atoms with Crippen molar-refractivity contribution in [3.63, 3.8) is 0 Å². The average Bonchev–Trinajstić information content (AvgIpc) is 3.10. The molecule has 0 saturated carbocycles. The number of aliphatic hydroxyl groups is 2. The van der Waals surface area contributed by atoms with Crippen molar-refractivity contribution in [1.29, 1.82) is 0 Å². The van der Waals surface area contributed by atoms with Crippen LogP contribution in [-0.2, 0) is 20.8 Å². The van der Waals surface area contributed by atoms with Gasteiger partial charge in [-0.2, -0.15) is 0 Å². The number of hydrogen-bond acceptors (Lipinski definition) is 8. The molecule has 1 saturated heterocycles. The summed E-state index contributed by atoms with van der Waals surface area (Å²) in [4.78, 5) is 0. The van der Waals surface area contributed by atoms with Crippen molar-refractivity contribution in [2.75, 3.05) is 61.0 Å². The Kier molecular flexibility index (Phi) is 16.4. The van der Waals surface area contributed by atoms with Crippen molar-refractivity contribution in [3.05, 3.63) is 95.3 Å². The van der Waals surface area contributed by atoms with Crippen LogP contribution in [0.2, 0.25) is 0 Å². The van der Waals surface area contributed by atoms with E-state index in [9.17, 15) is 0 Å². The number of methoxy groups -OCH3 is 3. The van der Waals surface area contributed by atoms with E-state index in [1.165, 1.54) is 25.5 Å². The molecule has 1 aliphatic heterocycles. The molecule has 0 atom stereocenters. The molecule has 5 rings (SSSR count). The second-order valence-electron chi connectivity index (χ2n) is 10.5. The van der Waals surface area contributed by atoms with Crippen molar-refractivity contribution >= 4 is 10.8 Å². The van der Waals surface area contributed by atoms with E-state index >= 15 is 0 Å². The number of ether oxygens (including phenoxy) is 5. The maximum atomic E-state index is 9.06. The molecule has 1 heterocycles. The highest BCUT2D eigenvalue weighted by Gasteiger charge is 2.15. The van der Waals surface area contributed by atoms with Gasteiger partial charge in [0, 0.05) is 24.5 Å². The summed E-state index contributed by atoms with van der Waals surface area (Å²) in [6, 6.07) is 20.4. The van der Waals surface area contributed by atoms with Crippen molar-refractivity contribution in [2.45, 2.75) is 44.6 Å². The van der Waals surface area contributed by atoms with Crippen molar-refractivity contribution < 1.29 is 33.9 Å². The van der Waals surface area contributed by atoms with Crippen LogP contribution in [0.25, 0.3) is 10.8 Å². The Balaban J connectivity index is 0.000000245. The van der Waals surface area contributed by atoms with Crippen LogP contribution in [0.1, 0.15) is 49.1 Å². The van der Waals surface area contributed by atoms with Crippen LogP contribution in [0.5, 0.6) is 11.5 Å². The number of hydrogen-bond donors (Lipinski definition) is 3. The van der Waals surface area contributed by atoms with Gasteiger partial charge in [-0.25, -0.2) is 0 Å². The van der Waals surface area contributed by atoms with Gasteiger partial charge in [0.15, 0.2) is 0 Å². The van der Waals surface area contributed by atoms with E-state index in [0.717, 1.165) is 71.5 Å². The highest BCUT2D eigenvalue weighted by Crippen LogP contribution is 2.28. The van der Waals surface area contributed by atoms with Crippen LogP contribution in [0.15, 0.2) is 84.1 Å². The molecule has 0 spiro atoms. The third-order valence-electron chi connectivity index (χ3n) is 7.49. The summed E-state index contributed by atoms with van der Waals surface area (Å²) in [7, 11) is 4.79. The first kappa shape index (κ1) is 35.1. The third-order valence-corrected chi connectivity index (χ3v) is 7.49. The molecule has 240 valence electrons. The lowest BCUT2D eigenvalue weighted by atomic mass is 9.90. The normalized spacial score (nSPS) is 14.8. The van der Waals surface area contributed by atoms with Crippen molar-refractivity contribution in [1.82, 2.24) is 5.32 Å². The maximum Gasteiger partial charge on any atom is 0.143 e. The monoisotopic (exact) mass is 607 g/mol. The molecule has 0 bridgehead atoms. The molecule has 3 N–H and O–H groups in total. The molecule has 0 amide bonds. The predicted octanol–water partition coefficient (Wildman–Crippen LogP) is 6.11. The Morgan fingerprint density at radius 3 is 2.25 bits per heavy atom. The number of piperidine rings is 1. The Morgan fingerprint density at radius 2 is 1.57 bits per heavy atom. The SMILES string of the molecule is COC1=CCCC=C1COCCCOc1ccc(C2CCNCC2)cc1.COCO.COc1cc(CO)cc2ccccc12. The van der Waals surface area contributed by atoms with Gasteiger partial charge in [-0.3, -0.25) is 0 Å². The number of benzene rings is 3. The van der Waals surface area contributed by atoms with E-state index in [4.69, 9.17) is 29.2 Å². The van der Waals surface area contributed by atoms with E-state index in [1.807, 2.05) is 36.4 Å². The van der Waals surface area contributed by atoms with Crippen LogP contribution >= 0.6 is 0 Å². The molecule has 8 heteroatoms. The predicted molar refractivity (Wildman–Crippen MR) is 175 cm³/mol. The molecule has 8 nitrogen and oxygen atoms in total. The number of nitrogens with one attached hydrogen (secondary N) is 1. The maximum absolute atomic E-state index is 9.06. The van der Waals surface area contributed by atoms with Crippen LogP contribution in [-0.4, -0.2) is 71.2 Å². The first-order chi connectivity index (χ1) is 21.6. The second-order valence-corrected chi connectivity index (χ2v) is 10.5. The minimum Gasteiger partial charge on any atom is -0.497 e. The molecule has 1 aliphatic carbocycles. The van der Waals surface area contributed by atoms with Gasteiger partial charge in [-0.15, -0.1) is 0 Å². The molecular formula is C36H49NO7. The van der Waals surface area contributed by atoms with E-state index in [1.54, 1.807) is 14.2 Å². The molecule has 44 heavy (non-hydrogen) atoms. The Morgan fingerprint density at radius 1 is 0.841 bits per heavy atom. The van der Waals surface area contributed by atoms with Crippen LogP contribution < -0.4 is 14.8 Å². The molecule has 3 aromatic carbocycles. The van der Waals surface area contributed by atoms with Gasteiger partial charge in [0.1, 0.15) is 24.1 Å². The van der Waals surface area contributed by atoms with E-state index in [2.05, 4.69) is 46.5 Å². The van der Waals surface area contributed by atoms with Crippen LogP contribution in [0, 0.1) is 0 Å². The van der Waals surface area contributed by atoms with Gasteiger partial charge in [0.05, 0.1) is 40.6 Å². The first-order valence-corrected chi connectivity index (χ1v) is 15.3. The van der Waals surface area contributed by atoms with E-state index in [0.29, 0.717) is 25.7 Å². The van der Waals surface area contributed by atoms with Crippen LogP contribution in [0.3, 0.4) is 0 Å². The highest BCUT2D eigenvalue weighted by molar-refractivity contribution is 5.89. The lowest BCUT2D eigenvalue weighted by Crippen LogP contribution is -2.26. The molecule has 0 radical (unpaired) electrons. The molecule has 1 fully saturated rings. The summed E-state index contributed by atoms with van der Waals surface area (Å²) in [6.07, 6.45) is 9.81. The Hall–Kier alpha value is -3.40. The fraction of sp³-hybridized carbons (Fsp3) is 0.444.